The number of nitrogens with zero attached hydrogens (tertiary/aromatic N) is 5. The fourth-order valence-electron chi connectivity index (χ4n) is 4.63. The normalized spacial score (nSPS) is 24.3. The molecule has 1 aliphatic carbocycles. The van der Waals surface area contributed by atoms with Gasteiger partial charge in [0, 0.05) is 18.2 Å². The molecule has 7 heteroatoms. The molecule has 0 saturated heterocycles. The van der Waals surface area contributed by atoms with Crippen molar-refractivity contribution in [2.45, 2.75) is 64.3 Å². The Morgan fingerprint density at radius 3 is 2.62 bits per heavy atom. The second-order valence-electron chi connectivity index (χ2n) is 8.70. The van der Waals surface area contributed by atoms with Crippen LogP contribution in [0.5, 0.6) is 5.75 Å². The molecule has 1 aliphatic heterocycles. The van der Waals surface area contributed by atoms with Crippen LogP contribution in [-0.4, -0.2) is 62.8 Å². The fraction of sp³-hybridized carbons (Fsp3) is 0.591. The topological polar surface area (TPSA) is 63.5 Å². The van der Waals surface area contributed by atoms with E-state index in [1.165, 1.54) is 0 Å². The van der Waals surface area contributed by atoms with E-state index in [9.17, 15) is 4.79 Å². The van der Waals surface area contributed by atoms with E-state index >= 15 is 0 Å². The minimum Gasteiger partial charge on any atom is -0.485 e. The number of aromatic nitrogens is 3. The van der Waals surface area contributed by atoms with Crippen molar-refractivity contribution in [2.24, 2.45) is 0 Å². The third-order valence-electron chi connectivity index (χ3n) is 6.34. The first-order valence-electron chi connectivity index (χ1n) is 10.4. The molecule has 1 aromatic heterocycles. The Balaban J connectivity index is 1.59. The van der Waals surface area contributed by atoms with Crippen LogP contribution in [0.4, 0.5) is 0 Å². The maximum Gasteiger partial charge on any atom is 0.244 e. The van der Waals surface area contributed by atoms with Crippen molar-refractivity contribution in [3.05, 3.63) is 41.5 Å². The Labute approximate surface area is 172 Å². The molecular formula is C22H31N5O2. The van der Waals surface area contributed by atoms with E-state index in [0.717, 1.165) is 42.8 Å². The SMILES string of the molecule is Cc1nc(C)n(CC(=O)N2Cc3ccccc3OC3(CCC(N(C)C)CC3)C2)n1. The number of benzene rings is 1. The van der Waals surface area contributed by atoms with Crippen LogP contribution in [0.3, 0.4) is 0 Å². The smallest absolute Gasteiger partial charge is 0.244 e. The van der Waals surface area contributed by atoms with Gasteiger partial charge in [-0.25, -0.2) is 9.67 Å². The lowest BCUT2D eigenvalue weighted by molar-refractivity contribution is -0.136. The Kier molecular flexibility index (Phi) is 5.34. The summed E-state index contributed by atoms with van der Waals surface area (Å²) in [6.07, 6.45) is 4.07. The lowest BCUT2D eigenvalue weighted by Crippen LogP contribution is -2.52. The summed E-state index contributed by atoms with van der Waals surface area (Å²) in [5.41, 5.74) is 0.751. The van der Waals surface area contributed by atoms with Crippen LogP contribution in [-0.2, 0) is 17.9 Å². The van der Waals surface area contributed by atoms with Crippen LogP contribution >= 0.6 is 0 Å². The molecular weight excluding hydrogens is 366 g/mol. The first-order valence-corrected chi connectivity index (χ1v) is 10.4. The summed E-state index contributed by atoms with van der Waals surface area (Å²) >= 11 is 0. The molecule has 0 unspecified atom stereocenters. The fourth-order valence-corrected chi connectivity index (χ4v) is 4.63. The van der Waals surface area contributed by atoms with E-state index in [4.69, 9.17) is 4.74 Å². The second kappa shape index (κ2) is 7.78. The third kappa shape index (κ3) is 4.15. The molecule has 2 aromatic rings. The zero-order chi connectivity index (χ0) is 20.6. The molecule has 1 fully saturated rings. The average molecular weight is 398 g/mol. The Morgan fingerprint density at radius 2 is 1.97 bits per heavy atom. The maximum atomic E-state index is 13.3. The van der Waals surface area contributed by atoms with Crippen LogP contribution in [0.1, 0.15) is 42.9 Å². The van der Waals surface area contributed by atoms with Crippen LogP contribution in [0, 0.1) is 13.8 Å². The van der Waals surface area contributed by atoms with E-state index in [1.807, 2.05) is 36.9 Å². The minimum atomic E-state index is -0.317. The zero-order valence-corrected chi connectivity index (χ0v) is 17.9. The van der Waals surface area contributed by atoms with Gasteiger partial charge < -0.3 is 14.5 Å². The molecule has 2 aliphatic rings. The molecule has 2 heterocycles. The van der Waals surface area contributed by atoms with Gasteiger partial charge in [0.25, 0.3) is 0 Å². The van der Waals surface area contributed by atoms with Crippen LogP contribution < -0.4 is 4.74 Å². The van der Waals surface area contributed by atoms with Gasteiger partial charge in [-0.2, -0.15) is 5.10 Å². The summed E-state index contributed by atoms with van der Waals surface area (Å²) in [6, 6.07) is 8.69. The van der Waals surface area contributed by atoms with E-state index in [-0.39, 0.29) is 18.1 Å². The predicted octanol–water partition coefficient (Wildman–Crippen LogP) is 2.56. The molecule has 1 amide bonds. The first kappa shape index (κ1) is 19.9. The highest BCUT2D eigenvalue weighted by molar-refractivity contribution is 5.76. The third-order valence-corrected chi connectivity index (χ3v) is 6.34. The summed E-state index contributed by atoms with van der Waals surface area (Å²) in [7, 11) is 4.29. The van der Waals surface area contributed by atoms with Gasteiger partial charge in [-0.15, -0.1) is 0 Å². The Morgan fingerprint density at radius 1 is 1.24 bits per heavy atom. The number of carbonyl (C=O) groups excluding carboxylic acids is 1. The molecule has 1 saturated carbocycles. The molecule has 0 N–H and O–H groups in total. The van der Waals surface area contributed by atoms with Gasteiger partial charge in [0.15, 0.2) is 0 Å². The molecule has 7 nitrogen and oxygen atoms in total. The van der Waals surface area contributed by atoms with Crippen molar-refractivity contribution in [1.29, 1.82) is 0 Å². The van der Waals surface area contributed by atoms with E-state index < -0.39 is 0 Å². The van der Waals surface area contributed by atoms with E-state index in [2.05, 4.69) is 35.1 Å². The predicted molar refractivity (Wildman–Crippen MR) is 111 cm³/mol. The molecule has 0 radical (unpaired) electrons. The highest BCUT2D eigenvalue weighted by atomic mass is 16.5. The molecule has 1 aromatic carbocycles. The van der Waals surface area contributed by atoms with Gasteiger partial charge >= 0.3 is 0 Å². The zero-order valence-electron chi connectivity index (χ0n) is 17.9. The van der Waals surface area contributed by atoms with Gasteiger partial charge in [0.05, 0.1) is 6.54 Å². The number of ether oxygens (including phenoxy) is 1. The van der Waals surface area contributed by atoms with Crippen molar-refractivity contribution < 1.29 is 9.53 Å². The van der Waals surface area contributed by atoms with E-state index in [0.29, 0.717) is 25.0 Å². The quantitative estimate of drug-likeness (QED) is 0.797. The number of para-hydroxylation sites is 1. The number of carbonyl (C=O) groups is 1. The van der Waals surface area contributed by atoms with Gasteiger partial charge in [0.2, 0.25) is 5.91 Å². The first-order chi connectivity index (χ1) is 13.8. The van der Waals surface area contributed by atoms with E-state index in [1.54, 1.807) is 4.68 Å². The summed E-state index contributed by atoms with van der Waals surface area (Å²) in [6.45, 7) is 5.14. The van der Waals surface area contributed by atoms with Gasteiger partial charge in [-0.3, -0.25) is 4.79 Å². The molecule has 0 atom stereocenters. The molecule has 29 heavy (non-hydrogen) atoms. The highest BCUT2D eigenvalue weighted by Gasteiger charge is 2.42. The van der Waals surface area contributed by atoms with Gasteiger partial charge in [0.1, 0.15) is 29.5 Å². The van der Waals surface area contributed by atoms with Crippen molar-refractivity contribution in [3.63, 3.8) is 0 Å². The van der Waals surface area contributed by atoms with Crippen molar-refractivity contribution >= 4 is 5.91 Å². The van der Waals surface area contributed by atoms with Crippen molar-refractivity contribution in [3.8, 4) is 5.75 Å². The molecule has 4 rings (SSSR count). The number of aryl methyl sites for hydroxylation is 2. The number of hydrogen-bond donors (Lipinski definition) is 0. The van der Waals surface area contributed by atoms with Crippen LogP contribution in [0.15, 0.2) is 24.3 Å². The maximum absolute atomic E-state index is 13.3. The number of rotatable bonds is 3. The largest absolute Gasteiger partial charge is 0.485 e. The van der Waals surface area contributed by atoms with Crippen LogP contribution in [0.2, 0.25) is 0 Å². The summed E-state index contributed by atoms with van der Waals surface area (Å²) in [4.78, 5) is 21.8. The monoisotopic (exact) mass is 397 g/mol. The van der Waals surface area contributed by atoms with Gasteiger partial charge in [-0.1, -0.05) is 18.2 Å². The average Bonchev–Trinajstić information content (AvgIpc) is 2.90. The Hall–Kier alpha value is -2.41. The lowest BCUT2D eigenvalue weighted by Gasteiger charge is -2.43. The highest BCUT2D eigenvalue weighted by Crippen LogP contribution is 2.39. The standard InChI is InChI=1S/C22H31N5O2/c1-16-23-17(2)27(24-16)14-21(28)26-13-18-7-5-6-8-20(18)29-22(15-26)11-9-19(10-12-22)25(3)4/h5-8,19H,9-15H2,1-4H3. The lowest BCUT2D eigenvalue weighted by atomic mass is 9.81. The summed E-state index contributed by atoms with van der Waals surface area (Å²) < 4.78 is 8.32. The number of amides is 1. The summed E-state index contributed by atoms with van der Waals surface area (Å²) in [5, 5.41) is 4.37. The van der Waals surface area contributed by atoms with Crippen LogP contribution in [0.25, 0.3) is 0 Å². The Bertz CT molecular complexity index is 883. The molecule has 0 bridgehead atoms. The number of fused-ring (bicyclic) bond motifs is 1. The van der Waals surface area contributed by atoms with Crippen molar-refractivity contribution in [2.75, 3.05) is 20.6 Å². The molecule has 1 spiro atoms. The minimum absolute atomic E-state index is 0.0624. The van der Waals surface area contributed by atoms with Gasteiger partial charge in [-0.05, 0) is 59.7 Å². The summed E-state index contributed by atoms with van der Waals surface area (Å²) in [5.74, 6) is 2.44. The number of hydrogen-bond acceptors (Lipinski definition) is 5. The van der Waals surface area contributed by atoms with Crippen molar-refractivity contribution in [1.82, 2.24) is 24.6 Å². The second-order valence-corrected chi connectivity index (χ2v) is 8.70. The molecule has 156 valence electrons.